The summed E-state index contributed by atoms with van der Waals surface area (Å²) in [6, 6.07) is 7.43. The molecule has 5 nitrogen and oxygen atoms in total. The van der Waals surface area contributed by atoms with E-state index in [-0.39, 0.29) is 11.9 Å². The summed E-state index contributed by atoms with van der Waals surface area (Å²) in [7, 11) is 1.61. The molecule has 0 aliphatic carbocycles. The van der Waals surface area contributed by atoms with E-state index in [1.54, 1.807) is 21.0 Å². The number of para-hydroxylation sites is 1. The summed E-state index contributed by atoms with van der Waals surface area (Å²) in [5.41, 5.74) is 2.01. The van der Waals surface area contributed by atoms with Crippen molar-refractivity contribution >= 4 is 5.91 Å². The number of carbonyl (C=O) groups excluding carboxylic acids is 1. The van der Waals surface area contributed by atoms with E-state index in [9.17, 15) is 4.79 Å². The van der Waals surface area contributed by atoms with Crippen LogP contribution in [0, 0.1) is 13.8 Å². The summed E-state index contributed by atoms with van der Waals surface area (Å²) in [4.78, 5) is 12.3. The first-order valence-corrected chi connectivity index (χ1v) is 6.41. The van der Waals surface area contributed by atoms with Crippen LogP contribution < -0.4 is 10.1 Å². The molecule has 1 heterocycles. The lowest BCUT2D eigenvalue weighted by Crippen LogP contribution is -2.27. The summed E-state index contributed by atoms with van der Waals surface area (Å²) in [6.45, 7) is 5.38. The molecule has 2 rings (SSSR count). The van der Waals surface area contributed by atoms with Crippen molar-refractivity contribution in [2.24, 2.45) is 0 Å². The monoisotopic (exact) mass is 274 g/mol. The van der Waals surface area contributed by atoms with Crippen molar-refractivity contribution in [1.82, 2.24) is 10.5 Å². The van der Waals surface area contributed by atoms with Gasteiger partial charge in [-0.2, -0.15) is 0 Å². The second-order valence-corrected chi connectivity index (χ2v) is 4.64. The minimum Gasteiger partial charge on any atom is -0.496 e. The molecule has 20 heavy (non-hydrogen) atoms. The van der Waals surface area contributed by atoms with Crippen molar-refractivity contribution in [1.29, 1.82) is 0 Å². The number of methoxy groups -OCH3 is 1. The zero-order valence-electron chi connectivity index (χ0n) is 12.1. The number of carbonyl (C=O) groups is 1. The van der Waals surface area contributed by atoms with Crippen LogP contribution in [0.2, 0.25) is 0 Å². The molecule has 0 spiro atoms. The number of ether oxygens (including phenoxy) is 1. The van der Waals surface area contributed by atoms with E-state index >= 15 is 0 Å². The molecule has 1 aromatic carbocycles. The fourth-order valence-corrected chi connectivity index (χ4v) is 2.18. The number of aryl methyl sites for hydroxylation is 2. The van der Waals surface area contributed by atoms with Crippen LogP contribution in [0.4, 0.5) is 0 Å². The van der Waals surface area contributed by atoms with Gasteiger partial charge in [-0.25, -0.2) is 0 Å². The van der Waals surface area contributed by atoms with E-state index in [4.69, 9.17) is 9.26 Å². The average molecular weight is 274 g/mol. The van der Waals surface area contributed by atoms with Crippen molar-refractivity contribution in [2.75, 3.05) is 7.11 Å². The van der Waals surface area contributed by atoms with Crippen molar-refractivity contribution in [3.63, 3.8) is 0 Å². The minimum atomic E-state index is -0.195. The molecular formula is C15H18N2O3. The van der Waals surface area contributed by atoms with E-state index in [2.05, 4.69) is 10.5 Å². The van der Waals surface area contributed by atoms with Gasteiger partial charge in [0.05, 0.1) is 18.8 Å². The molecule has 0 aliphatic rings. The maximum absolute atomic E-state index is 12.3. The van der Waals surface area contributed by atoms with E-state index in [1.807, 2.05) is 31.2 Å². The number of amides is 1. The smallest absolute Gasteiger partial charge is 0.257 e. The summed E-state index contributed by atoms with van der Waals surface area (Å²) in [5, 5.41) is 6.73. The van der Waals surface area contributed by atoms with Crippen LogP contribution in [0.5, 0.6) is 5.75 Å². The molecular weight excluding hydrogens is 256 g/mol. The fraction of sp³-hybridized carbons (Fsp3) is 0.333. The molecule has 106 valence electrons. The second-order valence-electron chi connectivity index (χ2n) is 4.64. The van der Waals surface area contributed by atoms with Crippen molar-refractivity contribution in [3.05, 3.63) is 46.8 Å². The van der Waals surface area contributed by atoms with Crippen LogP contribution in [-0.4, -0.2) is 18.2 Å². The molecule has 1 aromatic heterocycles. The minimum absolute atomic E-state index is 0.174. The maximum Gasteiger partial charge on any atom is 0.257 e. The number of aromatic nitrogens is 1. The summed E-state index contributed by atoms with van der Waals surface area (Å²) in [6.07, 6.45) is 0. The first kappa shape index (κ1) is 14.1. The van der Waals surface area contributed by atoms with Crippen LogP contribution in [0.3, 0.4) is 0 Å². The van der Waals surface area contributed by atoms with Gasteiger partial charge in [0.15, 0.2) is 0 Å². The van der Waals surface area contributed by atoms with Gasteiger partial charge in [-0.3, -0.25) is 4.79 Å². The van der Waals surface area contributed by atoms with Gasteiger partial charge >= 0.3 is 0 Å². The van der Waals surface area contributed by atoms with Crippen LogP contribution in [-0.2, 0) is 0 Å². The van der Waals surface area contributed by atoms with Gasteiger partial charge < -0.3 is 14.6 Å². The highest BCUT2D eigenvalue weighted by atomic mass is 16.5. The molecule has 1 amide bonds. The van der Waals surface area contributed by atoms with Crippen molar-refractivity contribution in [3.8, 4) is 5.75 Å². The Balaban J connectivity index is 2.20. The van der Waals surface area contributed by atoms with Crippen LogP contribution >= 0.6 is 0 Å². The van der Waals surface area contributed by atoms with E-state index in [0.717, 1.165) is 11.3 Å². The lowest BCUT2D eigenvalue weighted by atomic mass is 10.1. The molecule has 0 saturated heterocycles. The van der Waals surface area contributed by atoms with Gasteiger partial charge in [-0.1, -0.05) is 23.4 Å². The molecule has 1 atom stereocenters. The zero-order valence-corrected chi connectivity index (χ0v) is 12.1. The molecule has 1 N–H and O–H groups in total. The van der Waals surface area contributed by atoms with Gasteiger partial charge in [-0.15, -0.1) is 0 Å². The van der Waals surface area contributed by atoms with Gasteiger partial charge in [0, 0.05) is 5.56 Å². The molecule has 2 aromatic rings. The van der Waals surface area contributed by atoms with E-state index in [0.29, 0.717) is 17.0 Å². The second kappa shape index (κ2) is 5.77. The van der Waals surface area contributed by atoms with Crippen molar-refractivity contribution in [2.45, 2.75) is 26.8 Å². The summed E-state index contributed by atoms with van der Waals surface area (Å²) >= 11 is 0. The molecule has 1 unspecified atom stereocenters. The fourth-order valence-electron chi connectivity index (χ4n) is 2.18. The van der Waals surface area contributed by atoms with Crippen LogP contribution in [0.15, 0.2) is 28.8 Å². The third-order valence-electron chi connectivity index (χ3n) is 3.21. The molecule has 0 radical (unpaired) electrons. The van der Waals surface area contributed by atoms with E-state index < -0.39 is 0 Å². The van der Waals surface area contributed by atoms with E-state index in [1.165, 1.54) is 0 Å². The van der Waals surface area contributed by atoms with Crippen LogP contribution in [0.25, 0.3) is 0 Å². The van der Waals surface area contributed by atoms with Gasteiger partial charge in [0.2, 0.25) is 0 Å². The predicted molar refractivity (Wildman–Crippen MR) is 74.9 cm³/mol. The molecule has 0 bridgehead atoms. The quantitative estimate of drug-likeness (QED) is 0.931. The topological polar surface area (TPSA) is 64.4 Å². The predicted octanol–water partition coefficient (Wildman–Crippen LogP) is 2.79. The lowest BCUT2D eigenvalue weighted by Gasteiger charge is -2.17. The Morgan fingerprint density at radius 1 is 1.35 bits per heavy atom. The first-order valence-electron chi connectivity index (χ1n) is 6.41. The number of nitrogens with zero attached hydrogens (tertiary/aromatic N) is 1. The molecule has 5 heteroatoms. The first-order chi connectivity index (χ1) is 9.54. The highest BCUT2D eigenvalue weighted by Gasteiger charge is 2.20. The number of hydrogen-bond donors (Lipinski definition) is 1. The zero-order chi connectivity index (χ0) is 14.7. The summed E-state index contributed by atoms with van der Waals surface area (Å²) in [5.74, 6) is 1.07. The highest BCUT2D eigenvalue weighted by Crippen LogP contribution is 2.25. The lowest BCUT2D eigenvalue weighted by molar-refractivity contribution is 0.0937. The Morgan fingerprint density at radius 3 is 2.65 bits per heavy atom. The largest absolute Gasteiger partial charge is 0.496 e. The third kappa shape index (κ3) is 2.66. The van der Waals surface area contributed by atoms with Gasteiger partial charge in [0.25, 0.3) is 5.91 Å². The Morgan fingerprint density at radius 2 is 2.05 bits per heavy atom. The van der Waals surface area contributed by atoms with Gasteiger partial charge in [0.1, 0.15) is 17.1 Å². The van der Waals surface area contributed by atoms with Crippen molar-refractivity contribution < 1.29 is 14.1 Å². The Labute approximate surface area is 117 Å². The number of nitrogens with one attached hydrogen (secondary N) is 1. The maximum atomic E-state index is 12.3. The number of rotatable bonds is 4. The average Bonchev–Trinajstić information content (AvgIpc) is 2.78. The Kier molecular flexibility index (Phi) is 4.08. The molecule has 0 aliphatic heterocycles. The Bertz CT molecular complexity index is 600. The summed E-state index contributed by atoms with van der Waals surface area (Å²) < 4.78 is 10.3. The number of hydrogen-bond acceptors (Lipinski definition) is 4. The third-order valence-corrected chi connectivity index (χ3v) is 3.21. The normalized spacial score (nSPS) is 12.0. The molecule has 0 saturated carbocycles. The standard InChI is InChI=1S/C15H18N2O3/c1-9(12-7-5-6-8-13(12)19-4)16-15(18)14-10(2)17-20-11(14)3/h5-9H,1-4H3,(H,16,18). The Hall–Kier alpha value is -2.30. The SMILES string of the molecule is COc1ccccc1C(C)NC(=O)c1c(C)noc1C. The highest BCUT2D eigenvalue weighted by molar-refractivity contribution is 5.96. The van der Waals surface area contributed by atoms with Gasteiger partial charge in [-0.05, 0) is 26.8 Å². The van der Waals surface area contributed by atoms with Crippen LogP contribution in [0.1, 0.15) is 40.3 Å². The number of benzene rings is 1. The molecule has 0 fully saturated rings.